The SMILES string of the molecule is CC(C)=CCN1CCC(NCC2(C)CCCO2)CC1. The third-order valence-corrected chi connectivity index (χ3v) is 4.41. The van der Waals surface area contributed by atoms with Crippen LogP contribution in [0.5, 0.6) is 0 Å². The Bertz CT molecular complexity index is 296. The quantitative estimate of drug-likeness (QED) is 0.774. The molecule has 0 bridgehead atoms. The summed E-state index contributed by atoms with van der Waals surface area (Å²) in [5.74, 6) is 0. The molecule has 0 aliphatic carbocycles. The van der Waals surface area contributed by atoms with Gasteiger partial charge in [-0.1, -0.05) is 11.6 Å². The van der Waals surface area contributed by atoms with Crippen molar-refractivity contribution < 1.29 is 4.74 Å². The molecule has 0 aromatic rings. The van der Waals surface area contributed by atoms with E-state index < -0.39 is 0 Å². The van der Waals surface area contributed by atoms with E-state index in [1.54, 1.807) is 0 Å². The topological polar surface area (TPSA) is 24.5 Å². The Balaban J connectivity index is 1.64. The largest absolute Gasteiger partial charge is 0.374 e. The number of ether oxygens (including phenoxy) is 1. The molecule has 1 atom stereocenters. The second-order valence-corrected chi connectivity index (χ2v) is 6.64. The van der Waals surface area contributed by atoms with E-state index in [0.29, 0.717) is 6.04 Å². The van der Waals surface area contributed by atoms with Gasteiger partial charge in [0.2, 0.25) is 0 Å². The molecule has 1 unspecified atom stereocenters. The van der Waals surface area contributed by atoms with Gasteiger partial charge in [-0.3, -0.25) is 4.90 Å². The van der Waals surface area contributed by atoms with Gasteiger partial charge < -0.3 is 10.1 Å². The molecule has 0 spiro atoms. The summed E-state index contributed by atoms with van der Waals surface area (Å²) in [6.45, 7) is 12.1. The second kappa shape index (κ2) is 6.87. The van der Waals surface area contributed by atoms with Crippen LogP contribution in [0.2, 0.25) is 0 Å². The minimum absolute atomic E-state index is 0.0964. The Hall–Kier alpha value is -0.380. The van der Waals surface area contributed by atoms with E-state index in [1.807, 2.05) is 0 Å². The molecule has 0 aromatic heterocycles. The Kier molecular flexibility index (Phi) is 5.43. The van der Waals surface area contributed by atoms with Crippen LogP contribution in [0.1, 0.15) is 46.5 Å². The van der Waals surface area contributed by atoms with Crippen molar-refractivity contribution in [2.24, 2.45) is 0 Å². The molecule has 2 rings (SSSR count). The number of allylic oxidation sites excluding steroid dienone is 1. The summed E-state index contributed by atoms with van der Waals surface area (Å²) < 4.78 is 5.84. The zero-order chi connectivity index (χ0) is 13.7. The molecule has 1 N–H and O–H groups in total. The normalized spacial score (nSPS) is 29.6. The average Bonchev–Trinajstić information content (AvgIpc) is 2.83. The van der Waals surface area contributed by atoms with Gasteiger partial charge in [0, 0.05) is 25.7 Å². The van der Waals surface area contributed by atoms with E-state index in [2.05, 4.69) is 37.1 Å². The zero-order valence-corrected chi connectivity index (χ0v) is 12.9. The number of rotatable bonds is 5. The molecule has 0 radical (unpaired) electrons. The van der Waals surface area contributed by atoms with Crippen LogP contribution < -0.4 is 5.32 Å². The summed E-state index contributed by atoms with van der Waals surface area (Å²) in [6.07, 6.45) is 7.30. The molecule has 2 aliphatic heterocycles. The Morgan fingerprint density at radius 1 is 1.37 bits per heavy atom. The lowest BCUT2D eigenvalue weighted by Crippen LogP contribution is -2.47. The first-order valence-electron chi connectivity index (χ1n) is 7.80. The van der Waals surface area contributed by atoms with Crippen molar-refractivity contribution in [3.8, 4) is 0 Å². The smallest absolute Gasteiger partial charge is 0.0779 e. The van der Waals surface area contributed by atoms with Gasteiger partial charge >= 0.3 is 0 Å². The number of piperidine rings is 1. The van der Waals surface area contributed by atoms with Crippen LogP contribution in [0.15, 0.2) is 11.6 Å². The Labute approximate surface area is 118 Å². The first-order chi connectivity index (χ1) is 9.07. The summed E-state index contributed by atoms with van der Waals surface area (Å²) in [7, 11) is 0. The van der Waals surface area contributed by atoms with E-state index in [4.69, 9.17) is 4.74 Å². The molecule has 3 heteroatoms. The molecule has 2 saturated heterocycles. The van der Waals surface area contributed by atoms with Gasteiger partial charge in [-0.2, -0.15) is 0 Å². The standard InChI is InChI=1S/C16H30N2O/c1-14(2)5-9-18-10-6-15(7-11-18)17-13-16(3)8-4-12-19-16/h5,15,17H,4,6-13H2,1-3H3. The first-order valence-corrected chi connectivity index (χ1v) is 7.80. The maximum atomic E-state index is 5.84. The van der Waals surface area contributed by atoms with Crippen molar-refractivity contribution >= 4 is 0 Å². The lowest BCUT2D eigenvalue weighted by atomic mass is 10.00. The van der Waals surface area contributed by atoms with Crippen molar-refractivity contribution in [2.45, 2.75) is 58.1 Å². The van der Waals surface area contributed by atoms with E-state index in [1.165, 1.54) is 44.3 Å². The van der Waals surface area contributed by atoms with Crippen LogP contribution in [-0.4, -0.2) is 49.3 Å². The predicted octanol–water partition coefficient (Wildman–Crippen LogP) is 2.58. The maximum Gasteiger partial charge on any atom is 0.0779 e. The van der Waals surface area contributed by atoms with E-state index in [9.17, 15) is 0 Å². The minimum Gasteiger partial charge on any atom is -0.374 e. The van der Waals surface area contributed by atoms with Gasteiger partial charge in [0.25, 0.3) is 0 Å². The summed E-state index contributed by atoms with van der Waals surface area (Å²) in [4.78, 5) is 2.55. The van der Waals surface area contributed by atoms with Gasteiger partial charge in [-0.05, 0) is 59.5 Å². The van der Waals surface area contributed by atoms with Crippen LogP contribution in [0.4, 0.5) is 0 Å². The fraction of sp³-hybridized carbons (Fsp3) is 0.875. The average molecular weight is 266 g/mol. The molecular weight excluding hydrogens is 236 g/mol. The van der Waals surface area contributed by atoms with Gasteiger partial charge in [0.05, 0.1) is 5.60 Å². The van der Waals surface area contributed by atoms with Crippen molar-refractivity contribution in [1.82, 2.24) is 10.2 Å². The van der Waals surface area contributed by atoms with Crippen LogP contribution in [-0.2, 0) is 4.74 Å². The Morgan fingerprint density at radius 3 is 2.68 bits per heavy atom. The summed E-state index contributed by atoms with van der Waals surface area (Å²) in [5.41, 5.74) is 1.52. The fourth-order valence-electron chi connectivity index (χ4n) is 2.97. The molecule has 0 aromatic carbocycles. The van der Waals surface area contributed by atoms with Crippen molar-refractivity contribution in [1.29, 1.82) is 0 Å². The molecule has 0 saturated carbocycles. The third-order valence-electron chi connectivity index (χ3n) is 4.41. The van der Waals surface area contributed by atoms with Crippen LogP contribution in [0.3, 0.4) is 0 Å². The van der Waals surface area contributed by atoms with Crippen molar-refractivity contribution in [3.05, 3.63) is 11.6 Å². The van der Waals surface area contributed by atoms with Gasteiger partial charge in [-0.25, -0.2) is 0 Å². The highest BCUT2D eigenvalue weighted by Gasteiger charge is 2.30. The molecule has 110 valence electrons. The number of likely N-dealkylation sites (tertiary alicyclic amines) is 1. The lowest BCUT2D eigenvalue weighted by Gasteiger charge is -2.34. The summed E-state index contributed by atoms with van der Waals surface area (Å²) in [6, 6.07) is 0.684. The number of nitrogens with one attached hydrogen (secondary N) is 1. The summed E-state index contributed by atoms with van der Waals surface area (Å²) >= 11 is 0. The monoisotopic (exact) mass is 266 g/mol. The second-order valence-electron chi connectivity index (χ2n) is 6.64. The van der Waals surface area contributed by atoms with E-state index in [0.717, 1.165) is 19.7 Å². The number of hydrogen-bond donors (Lipinski definition) is 1. The van der Waals surface area contributed by atoms with Crippen molar-refractivity contribution in [2.75, 3.05) is 32.8 Å². The Morgan fingerprint density at radius 2 is 2.11 bits per heavy atom. The summed E-state index contributed by atoms with van der Waals surface area (Å²) in [5, 5.41) is 3.72. The molecule has 19 heavy (non-hydrogen) atoms. The van der Waals surface area contributed by atoms with Crippen LogP contribution >= 0.6 is 0 Å². The third kappa shape index (κ3) is 4.90. The van der Waals surface area contributed by atoms with E-state index >= 15 is 0 Å². The highest BCUT2D eigenvalue weighted by atomic mass is 16.5. The predicted molar refractivity (Wildman–Crippen MR) is 80.5 cm³/mol. The highest BCUT2D eigenvalue weighted by Crippen LogP contribution is 2.24. The number of hydrogen-bond acceptors (Lipinski definition) is 3. The fourth-order valence-corrected chi connectivity index (χ4v) is 2.97. The van der Waals surface area contributed by atoms with Gasteiger partial charge in [0.15, 0.2) is 0 Å². The van der Waals surface area contributed by atoms with Gasteiger partial charge in [-0.15, -0.1) is 0 Å². The first kappa shape index (κ1) is 15.0. The molecule has 0 amide bonds. The molecule has 2 heterocycles. The molecular formula is C16H30N2O. The maximum absolute atomic E-state index is 5.84. The van der Waals surface area contributed by atoms with E-state index in [-0.39, 0.29) is 5.60 Å². The number of nitrogens with zero attached hydrogens (tertiary/aromatic N) is 1. The lowest BCUT2D eigenvalue weighted by molar-refractivity contribution is 0.0169. The zero-order valence-electron chi connectivity index (χ0n) is 12.9. The van der Waals surface area contributed by atoms with Crippen LogP contribution in [0.25, 0.3) is 0 Å². The minimum atomic E-state index is 0.0964. The van der Waals surface area contributed by atoms with Crippen molar-refractivity contribution in [3.63, 3.8) is 0 Å². The highest BCUT2D eigenvalue weighted by molar-refractivity contribution is 4.96. The van der Waals surface area contributed by atoms with Gasteiger partial charge in [0.1, 0.15) is 0 Å². The molecule has 2 fully saturated rings. The molecule has 2 aliphatic rings. The van der Waals surface area contributed by atoms with Crippen LogP contribution in [0, 0.1) is 0 Å². The molecule has 3 nitrogen and oxygen atoms in total.